The van der Waals surface area contributed by atoms with Gasteiger partial charge in [-0.15, -0.1) is 0 Å². The molecule has 0 N–H and O–H groups in total. The Bertz CT molecular complexity index is 329. The van der Waals surface area contributed by atoms with Gasteiger partial charge >= 0.3 is 6.09 Å². The van der Waals surface area contributed by atoms with Crippen molar-refractivity contribution in [3.05, 3.63) is 36.5 Å². The van der Waals surface area contributed by atoms with Gasteiger partial charge in [0.2, 0.25) is 0 Å². The van der Waals surface area contributed by atoms with Gasteiger partial charge in [0.05, 0.1) is 6.54 Å². The lowest BCUT2D eigenvalue weighted by Gasteiger charge is -2.16. The molecular weight excluding hydrogens is 226 g/mol. The SMILES string of the molecule is C=C/C=C\C=C(/C)C1CN(C(C)C)C(=O)O1.CC. The highest BCUT2D eigenvalue weighted by atomic mass is 16.6. The first-order valence-electron chi connectivity index (χ1n) is 6.49. The topological polar surface area (TPSA) is 29.5 Å². The Kier molecular flexibility index (Phi) is 7.84. The van der Waals surface area contributed by atoms with E-state index in [1.807, 2.05) is 52.8 Å². The van der Waals surface area contributed by atoms with E-state index in [-0.39, 0.29) is 18.2 Å². The number of ether oxygens (including phenoxy) is 1. The molecule has 3 nitrogen and oxygen atoms in total. The normalized spacial score (nSPS) is 19.9. The third-order valence-electron chi connectivity index (χ3n) is 2.58. The van der Waals surface area contributed by atoms with Crippen LogP contribution in [0.4, 0.5) is 4.79 Å². The van der Waals surface area contributed by atoms with Crippen LogP contribution in [0.5, 0.6) is 0 Å². The number of amides is 1. The molecule has 1 amide bonds. The summed E-state index contributed by atoms with van der Waals surface area (Å²) in [6.07, 6.45) is 7.06. The summed E-state index contributed by atoms with van der Waals surface area (Å²) in [6.45, 7) is 14.2. The van der Waals surface area contributed by atoms with Crippen LogP contribution in [0.1, 0.15) is 34.6 Å². The molecule has 1 saturated heterocycles. The van der Waals surface area contributed by atoms with Crippen molar-refractivity contribution in [2.24, 2.45) is 0 Å². The number of carbonyl (C=O) groups is 1. The highest BCUT2D eigenvalue weighted by Crippen LogP contribution is 2.19. The predicted molar refractivity (Wildman–Crippen MR) is 76.6 cm³/mol. The molecule has 0 aromatic heterocycles. The Hall–Kier alpha value is -1.51. The number of allylic oxidation sites excluding steroid dienone is 4. The van der Waals surface area contributed by atoms with Crippen molar-refractivity contribution >= 4 is 6.09 Å². The quantitative estimate of drug-likeness (QED) is 0.708. The Labute approximate surface area is 111 Å². The molecule has 1 fully saturated rings. The zero-order chi connectivity index (χ0) is 14.1. The van der Waals surface area contributed by atoms with Gasteiger partial charge in [-0.1, -0.05) is 44.7 Å². The predicted octanol–water partition coefficient (Wildman–Crippen LogP) is 3.93. The first-order valence-corrected chi connectivity index (χ1v) is 6.49. The summed E-state index contributed by atoms with van der Waals surface area (Å²) in [5, 5.41) is 0. The van der Waals surface area contributed by atoms with Crippen LogP contribution in [-0.4, -0.2) is 29.7 Å². The van der Waals surface area contributed by atoms with E-state index in [1.165, 1.54) is 0 Å². The smallest absolute Gasteiger partial charge is 0.410 e. The largest absolute Gasteiger partial charge is 0.440 e. The van der Waals surface area contributed by atoms with Crippen LogP contribution in [0.3, 0.4) is 0 Å². The van der Waals surface area contributed by atoms with Crippen LogP contribution in [0.15, 0.2) is 36.5 Å². The van der Waals surface area contributed by atoms with Crippen LogP contribution in [0.2, 0.25) is 0 Å². The number of rotatable bonds is 4. The number of cyclic esters (lactones) is 1. The van der Waals surface area contributed by atoms with Gasteiger partial charge in [-0.3, -0.25) is 0 Å². The van der Waals surface area contributed by atoms with Gasteiger partial charge in [0.1, 0.15) is 6.10 Å². The van der Waals surface area contributed by atoms with Crippen molar-refractivity contribution in [2.45, 2.75) is 46.8 Å². The molecule has 1 unspecified atom stereocenters. The minimum atomic E-state index is -0.222. The fourth-order valence-electron chi connectivity index (χ4n) is 1.53. The van der Waals surface area contributed by atoms with Crippen LogP contribution < -0.4 is 0 Å². The second-order valence-electron chi connectivity index (χ2n) is 4.15. The van der Waals surface area contributed by atoms with E-state index >= 15 is 0 Å². The highest BCUT2D eigenvalue weighted by Gasteiger charge is 2.33. The van der Waals surface area contributed by atoms with E-state index in [2.05, 4.69) is 6.58 Å². The van der Waals surface area contributed by atoms with Crippen LogP contribution in [-0.2, 0) is 4.74 Å². The molecule has 1 aliphatic heterocycles. The van der Waals surface area contributed by atoms with Crippen molar-refractivity contribution in [3.63, 3.8) is 0 Å². The molecule has 1 rings (SSSR count). The molecule has 102 valence electrons. The Balaban J connectivity index is 0.00000137. The maximum atomic E-state index is 11.5. The minimum Gasteiger partial charge on any atom is -0.440 e. The molecule has 3 heteroatoms. The van der Waals surface area contributed by atoms with Crippen LogP contribution >= 0.6 is 0 Å². The van der Waals surface area contributed by atoms with Crippen LogP contribution in [0.25, 0.3) is 0 Å². The maximum absolute atomic E-state index is 11.5. The molecule has 1 aliphatic rings. The summed E-state index contributed by atoms with van der Waals surface area (Å²) in [5.41, 5.74) is 1.05. The molecule has 0 bridgehead atoms. The van der Waals surface area contributed by atoms with Gasteiger partial charge in [0.25, 0.3) is 0 Å². The lowest BCUT2D eigenvalue weighted by molar-refractivity contribution is 0.138. The summed E-state index contributed by atoms with van der Waals surface area (Å²) >= 11 is 0. The van der Waals surface area contributed by atoms with E-state index < -0.39 is 0 Å². The second-order valence-corrected chi connectivity index (χ2v) is 4.15. The Morgan fingerprint density at radius 3 is 2.50 bits per heavy atom. The van der Waals surface area contributed by atoms with E-state index in [4.69, 9.17) is 4.74 Å². The summed E-state index contributed by atoms with van der Waals surface area (Å²) < 4.78 is 5.29. The van der Waals surface area contributed by atoms with E-state index in [0.717, 1.165) is 5.57 Å². The number of nitrogens with zero attached hydrogens (tertiary/aromatic N) is 1. The summed E-state index contributed by atoms with van der Waals surface area (Å²) in [4.78, 5) is 13.2. The Morgan fingerprint density at radius 1 is 1.44 bits per heavy atom. The lowest BCUT2D eigenvalue weighted by Crippen LogP contribution is -2.32. The van der Waals surface area contributed by atoms with Crippen molar-refractivity contribution in [3.8, 4) is 0 Å². The highest BCUT2D eigenvalue weighted by molar-refractivity contribution is 5.70. The molecule has 0 spiro atoms. The molecule has 0 saturated carbocycles. The molecule has 0 aliphatic carbocycles. The molecule has 1 heterocycles. The average molecular weight is 251 g/mol. The molecule has 18 heavy (non-hydrogen) atoms. The molecular formula is C15H25NO2. The maximum Gasteiger partial charge on any atom is 0.410 e. The number of hydrogen-bond acceptors (Lipinski definition) is 2. The van der Waals surface area contributed by atoms with Crippen molar-refractivity contribution in [1.82, 2.24) is 4.90 Å². The summed E-state index contributed by atoms with van der Waals surface area (Å²) in [7, 11) is 0. The monoisotopic (exact) mass is 251 g/mol. The first kappa shape index (κ1) is 16.5. The van der Waals surface area contributed by atoms with E-state index in [1.54, 1.807) is 11.0 Å². The van der Waals surface area contributed by atoms with Crippen LogP contribution in [0, 0.1) is 0 Å². The van der Waals surface area contributed by atoms with Crippen molar-refractivity contribution in [2.75, 3.05) is 6.54 Å². The number of hydrogen-bond donors (Lipinski definition) is 0. The average Bonchev–Trinajstić information content (AvgIpc) is 2.74. The Morgan fingerprint density at radius 2 is 2.06 bits per heavy atom. The van der Waals surface area contributed by atoms with E-state index in [0.29, 0.717) is 6.54 Å². The summed E-state index contributed by atoms with van der Waals surface area (Å²) in [6, 6.07) is 0.189. The van der Waals surface area contributed by atoms with Gasteiger partial charge in [-0.2, -0.15) is 0 Å². The molecule has 0 aromatic carbocycles. The summed E-state index contributed by atoms with van der Waals surface area (Å²) in [5.74, 6) is 0. The van der Waals surface area contributed by atoms with Crippen molar-refractivity contribution in [1.29, 1.82) is 0 Å². The van der Waals surface area contributed by atoms with Gasteiger partial charge in [-0.05, 0) is 26.3 Å². The second kappa shape index (κ2) is 8.56. The van der Waals surface area contributed by atoms with Gasteiger partial charge < -0.3 is 9.64 Å². The zero-order valence-electron chi connectivity index (χ0n) is 12.1. The fourth-order valence-corrected chi connectivity index (χ4v) is 1.53. The first-order chi connectivity index (χ1) is 8.56. The van der Waals surface area contributed by atoms with Gasteiger partial charge in [0.15, 0.2) is 0 Å². The molecule has 0 aromatic rings. The standard InChI is InChI=1S/C13H19NO2.C2H6/c1-5-6-7-8-11(4)12-9-14(10(2)3)13(15)16-12;1-2/h5-8,10,12H,1,9H2,2-4H3;1-2H3/b7-6-,11-8+;. The third kappa shape index (κ3) is 4.78. The van der Waals surface area contributed by atoms with Gasteiger partial charge in [0, 0.05) is 6.04 Å². The third-order valence-corrected chi connectivity index (χ3v) is 2.58. The molecule has 1 atom stereocenters. The molecule has 0 radical (unpaired) electrons. The van der Waals surface area contributed by atoms with Crippen molar-refractivity contribution < 1.29 is 9.53 Å². The zero-order valence-corrected chi connectivity index (χ0v) is 12.1. The number of carbonyl (C=O) groups excluding carboxylic acids is 1. The minimum absolute atomic E-state index is 0.121. The van der Waals surface area contributed by atoms with E-state index in [9.17, 15) is 4.79 Å². The lowest BCUT2D eigenvalue weighted by atomic mass is 10.1. The van der Waals surface area contributed by atoms with Gasteiger partial charge in [-0.25, -0.2) is 4.79 Å². The fraction of sp³-hybridized carbons (Fsp3) is 0.533.